The molecule has 3 amide bonds. The number of ether oxygens (including phenoxy) is 1. The van der Waals surface area contributed by atoms with E-state index in [1.54, 1.807) is 19.5 Å². The highest BCUT2D eigenvalue weighted by Crippen LogP contribution is 2.29. The lowest BCUT2D eigenvalue weighted by molar-refractivity contribution is 0.0947. The summed E-state index contributed by atoms with van der Waals surface area (Å²) in [5, 5.41) is 5.97. The van der Waals surface area contributed by atoms with E-state index in [0.717, 1.165) is 41.1 Å². The molecule has 3 heterocycles. The first-order valence-electron chi connectivity index (χ1n) is 11.8. The number of aryl methyl sites for hydroxylation is 1. The summed E-state index contributed by atoms with van der Waals surface area (Å²) >= 11 is 0. The van der Waals surface area contributed by atoms with E-state index in [2.05, 4.69) is 15.6 Å². The van der Waals surface area contributed by atoms with Crippen LogP contribution in [-0.4, -0.2) is 47.0 Å². The van der Waals surface area contributed by atoms with Gasteiger partial charge in [0.1, 0.15) is 5.75 Å². The molecule has 35 heavy (non-hydrogen) atoms. The summed E-state index contributed by atoms with van der Waals surface area (Å²) in [6.45, 7) is 4.04. The number of hydrogen-bond acceptors (Lipinski definition) is 5. The summed E-state index contributed by atoms with van der Waals surface area (Å²) in [5.41, 5.74) is 4.24. The van der Waals surface area contributed by atoms with Crippen LogP contribution in [0, 0.1) is 6.92 Å². The van der Waals surface area contributed by atoms with Crippen LogP contribution in [0.2, 0.25) is 0 Å². The predicted octanol–water partition coefficient (Wildman–Crippen LogP) is 3.81. The predicted molar refractivity (Wildman–Crippen MR) is 133 cm³/mol. The van der Waals surface area contributed by atoms with Gasteiger partial charge in [0.15, 0.2) is 0 Å². The van der Waals surface area contributed by atoms with E-state index >= 15 is 0 Å². The van der Waals surface area contributed by atoms with Gasteiger partial charge in [0.05, 0.1) is 18.4 Å². The smallest absolute Gasteiger partial charge is 0.317 e. The number of carbonyl (C=O) groups excluding carboxylic acids is 2. The number of aromatic nitrogens is 2. The average Bonchev–Trinajstić information content (AvgIpc) is 2.91. The second kappa shape index (κ2) is 11.5. The fourth-order valence-corrected chi connectivity index (χ4v) is 4.25. The van der Waals surface area contributed by atoms with Crippen LogP contribution < -0.4 is 15.4 Å². The quantitative estimate of drug-likeness (QED) is 0.544. The third-order valence-corrected chi connectivity index (χ3v) is 6.26. The summed E-state index contributed by atoms with van der Waals surface area (Å²) in [7, 11) is 1.63. The Kier molecular flexibility index (Phi) is 7.92. The summed E-state index contributed by atoms with van der Waals surface area (Å²) in [5.74, 6) is 0.771. The van der Waals surface area contributed by atoms with Crippen molar-refractivity contribution in [3.8, 4) is 5.75 Å². The molecule has 2 aromatic heterocycles. The molecule has 8 heteroatoms. The van der Waals surface area contributed by atoms with Crippen LogP contribution in [0.1, 0.15) is 51.6 Å². The first kappa shape index (κ1) is 24.2. The summed E-state index contributed by atoms with van der Waals surface area (Å²) in [6, 6.07) is 15.1. The maximum atomic E-state index is 13.0. The van der Waals surface area contributed by atoms with Crippen LogP contribution in [0.15, 0.2) is 60.9 Å². The van der Waals surface area contributed by atoms with E-state index < -0.39 is 0 Å². The molecule has 0 aliphatic carbocycles. The first-order chi connectivity index (χ1) is 17.0. The molecule has 3 aromatic rings. The molecule has 0 radical (unpaired) electrons. The van der Waals surface area contributed by atoms with Crippen molar-refractivity contribution < 1.29 is 14.3 Å². The van der Waals surface area contributed by atoms with Gasteiger partial charge < -0.3 is 20.3 Å². The van der Waals surface area contributed by atoms with E-state index in [0.29, 0.717) is 31.7 Å². The van der Waals surface area contributed by atoms with Gasteiger partial charge in [0, 0.05) is 50.2 Å². The minimum Gasteiger partial charge on any atom is -0.497 e. The Bertz CT molecular complexity index is 1140. The van der Waals surface area contributed by atoms with Gasteiger partial charge in [-0.3, -0.25) is 14.8 Å². The van der Waals surface area contributed by atoms with Crippen molar-refractivity contribution in [2.45, 2.75) is 38.8 Å². The Labute approximate surface area is 205 Å². The summed E-state index contributed by atoms with van der Waals surface area (Å²) < 4.78 is 5.17. The standard InChI is InChI=1S/C27H31N5O3/c1-19-5-10-24(26(33)29-18-21-4-3-13-28-16-21)25(31-19)22-11-14-32(15-12-22)27(34)30-17-20-6-8-23(35-2)9-7-20/h3-10,13,16,22H,11-12,14-15,17-18H2,1-2H3,(H,29,33)(H,30,34). The molecule has 0 unspecified atom stereocenters. The SMILES string of the molecule is COc1ccc(CNC(=O)N2CCC(c3nc(C)ccc3C(=O)NCc3cccnc3)CC2)cc1. The fourth-order valence-electron chi connectivity index (χ4n) is 4.25. The second-order valence-corrected chi connectivity index (χ2v) is 8.70. The van der Waals surface area contributed by atoms with E-state index in [4.69, 9.17) is 9.72 Å². The lowest BCUT2D eigenvalue weighted by Gasteiger charge is -2.32. The number of amides is 3. The molecule has 1 aromatic carbocycles. The number of nitrogens with one attached hydrogen (secondary N) is 2. The molecule has 0 atom stereocenters. The van der Waals surface area contributed by atoms with Crippen LogP contribution in [-0.2, 0) is 13.1 Å². The summed E-state index contributed by atoms with van der Waals surface area (Å²) in [6.07, 6.45) is 4.97. The highest BCUT2D eigenvalue weighted by Gasteiger charge is 2.28. The minimum atomic E-state index is -0.143. The van der Waals surface area contributed by atoms with E-state index in [-0.39, 0.29) is 17.9 Å². The molecule has 1 saturated heterocycles. The Morgan fingerprint density at radius 1 is 1.00 bits per heavy atom. The Balaban J connectivity index is 1.33. The highest BCUT2D eigenvalue weighted by molar-refractivity contribution is 5.95. The molecule has 0 spiro atoms. The van der Waals surface area contributed by atoms with E-state index in [9.17, 15) is 9.59 Å². The van der Waals surface area contributed by atoms with E-state index in [1.165, 1.54) is 0 Å². The van der Waals surface area contributed by atoms with Crippen LogP contribution in [0.3, 0.4) is 0 Å². The number of rotatable bonds is 7. The monoisotopic (exact) mass is 473 g/mol. The first-order valence-corrected chi connectivity index (χ1v) is 11.8. The molecular weight excluding hydrogens is 442 g/mol. The third-order valence-electron chi connectivity index (χ3n) is 6.26. The van der Waals surface area contributed by atoms with Crippen LogP contribution >= 0.6 is 0 Å². The zero-order valence-electron chi connectivity index (χ0n) is 20.2. The number of urea groups is 1. The van der Waals surface area contributed by atoms with Crippen molar-refractivity contribution in [3.05, 3.63) is 89.0 Å². The maximum Gasteiger partial charge on any atom is 0.317 e. The van der Waals surface area contributed by atoms with Crippen LogP contribution in [0.5, 0.6) is 5.75 Å². The Hall–Kier alpha value is -3.94. The largest absolute Gasteiger partial charge is 0.497 e. The van der Waals surface area contributed by atoms with Crippen LogP contribution in [0.25, 0.3) is 0 Å². The van der Waals surface area contributed by atoms with Crippen molar-refractivity contribution in [1.82, 2.24) is 25.5 Å². The molecule has 1 aliphatic heterocycles. The van der Waals surface area contributed by atoms with Gasteiger partial charge in [-0.1, -0.05) is 18.2 Å². The fraction of sp³-hybridized carbons (Fsp3) is 0.333. The molecule has 1 aliphatic rings. The molecule has 8 nitrogen and oxygen atoms in total. The van der Waals surface area contributed by atoms with Crippen molar-refractivity contribution in [3.63, 3.8) is 0 Å². The number of piperidine rings is 1. The van der Waals surface area contributed by atoms with Crippen molar-refractivity contribution >= 4 is 11.9 Å². The number of benzene rings is 1. The number of nitrogens with zero attached hydrogens (tertiary/aromatic N) is 3. The minimum absolute atomic E-state index is 0.0779. The number of carbonyl (C=O) groups is 2. The molecular formula is C27H31N5O3. The van der Waals surface area contributed by atoms with Crippen molar-refractivity contribution in [2.24, 2.45) is 0 Å². The third kappa shape index (κ3) is 6.35. The van der Waals surface area contributed by atoms with Crippen LogP contribution in [0.4, 0.5) is 4.79 Å². The van der Waals surface area contributed by atoms with Crippen molar-refractivity contribution in [2.75, 3.05) is 20.2 Å². The zero-order valence-corrected chi connectivity index (χ0v) is 20.2. The number of methoxy groups -OCH3 is 1. The number of hydrogen-bond donors (Lipinski definition) is 2. The average molecular weight is 474 g/mol. The topological polar surface area (TPSA) is 96.5 Å². The second-order valence-electron chi connectivity index (χ2n) is 8.70. The highest BCUT2D eigenvalue weighted by atomic mass is 16.5. The van der Waals surface area contributed by atoms with Gasteiger partial charge in [-0.2, -0.15) is 0 Å². The van der Waals surface area contributed by atoms with Gasteiger partial charge in [-0.25, -0.2) is 4.79 Å². The number of likely N-dealkylation sites (tertiary alicyclic amines) is 1. The number of pyridine rings is 2. The van der Waals surface area contributed by atoms with Gasteiger partial charge >= 0.3 is 6.03 Å². The van der Waals surface area contributed by atoms with Gasteiger partial charge in [0.25, 0.3) is 5.91 Å². The van der Waals surface area contributed by atoms with Crippen molar-refractivity contribution in [1.29, 1.82) is 0 Å². The molecule has 182 valence electrons. The molecule has 4 rings (SSSR count). The Morgan fingerprint density at radius 3 is 2.43 bits per heavy atom. The maximum absolute atomic E-state index is 13.0. The van der Waals surface area contributed by atoms with E-state index in [1.807, 2.05) is 60.4 Å². The lowest BCUT2D eigenvalue weighted by atomic mass is 9.90. The summed E-state index contributed by atoms with van der Waals surface area (Å²) in [4.78, 5) is 36.3. The molecule has 1 fully saturated rings. The van der Waals surface area contributed by atoms with Gasteiger partial charge in [0.2, 0.25) is 0 Å². The Morgan fingerprint density at radius 2 is 1.74 bits per heavy atom. The lowest BCUT2D eigenvalue weighted by Crippen LogP contribution is -2.44. The van der Waals surface area contributed by atoms with Gasteiger partial charge in [-0.05, 0) is 61.2 Å². The molecule has 0 saturated carbocycles. The zero-order chi connectivity index (χ0) is 24.6. The normalized spacial score (nSPS) is 13.8. The van der Waals surface area contributed by atoms with Gasteiger partial charge in [-0.15, -0.1) is 0 Å². The molecule has 0 bridgehead atoms. The molecule has 2 N–H and O–H groups in total.